The number of pyridine rings is 1. The number of benzene rings is 3. The van der Waals surface area contributed by atoms with E-state index in [1.807, 2.05) is 112 Å². The molecule has 6 heteroatoms. The number of nitrogens with zero attached hydrogens (tertiary/aromatic N) is 2. The second-order valence-electron chi connectivity index (χ2n) is 10.0. The van der Waals surface area contributed by atoms with Crippen LogP contribution in [0.15, 0.2) is 103 Å². The molecule has 0 N–H and O–H groups in total. The van der Waals surface area contributed by atoms with Crippen molar-refractivity contribution >= 4 is 16.9 Å². The van der Waals surface area contributed by atoms with Gasteiger partial charge in [0.25, 0.3) is 0 Å². The Labute approximate surface area is 222 Å². The third kappa shape index (κ3) is 6.21. The first-order chi connectivity index (χ1) is 18.3. The van der Waals surface area contributed by atoms with E-state index in [0.29, 0.717) is 25.0 Å². The van der Waals surface area contributed by atoms with E-state index in [0.717, 1.165) is 33.0 Å². The van der Waals surface area contributed by atoms with Crippen LogP contribution in [0.25, 0.3) is 21.9 Å². The molecule has 0 aliphatic carbocycles. The largest absolute Gasteiger partial charge is 0.473 e. The first-order valence-corrected chi connectivity index (χ1v) is 12.5. The third-order valence-electron chi connectivity index (χ3n) is 5.84. The zero-order valence-electron chi connectivity index (χ0n) is 21.8. The van der Waals surface area contributed by atoms with E-state index in [1.165, 1.54) is 4.57 Å². The maximum absolute atomic E-state index is 12.6. The standard InChI is InChI=1S/C32H30N2O4/c1-32(2,3)38-31(35)34-19-26-15-14-25(18-27(26)20-34)28-16-17-29(36-21-23-10-6-4-7-11-23)33-30(28)37-22-24-12-8-5-9-13-24/h4-20H,21-22H2,1-3H3. The average Bonchev–Trinajstić information content (AvgIpc) is 3.35. The van der Waals surface area contributed by atoms with Crippen LogP contribution < -0.4 is 9.47 Å². The molecule has 0 bridgehead atoms. The van der Waals surface area contributed by atoms with E-state index < -0.39 is 11.7 Å². The van der Waals surface area contributed by atoms with Crippen molar-refractivity contribution in [2.75, 3.05) is 0 Å². The molecule has 0 aliphatic rings. The molecule has 38 heavy (non-hydrogen) atoms. The van der Waals surface area contributed by atoms with Crippen LogP contribution in [0.1, 0.15) is 31.9 Å². The van der Waals surface area contributed by atoms with Crippen molar-refractivity contribution in [3.8, 4) is 22.9 Å². The highest BCUT2D eigenvalue weighted by atomic mass is 16.6. The van der Waals surface area contributed by atoms with Gasteiger partial charge in [0.2, 0.25) is 11.8 Å². The SMILES string of the molecule is CC(C)(C)OC(=O)n1cc2ccc(-c3ccc(OCc4ccccc4)nc3OCc3ccccc3)cc2c1. The van der Waals surface area contributed by atoms with Crippen molar-refractivity contribution in [3.63, 3.8) is 0 Å². The Morgan fingerprint density at radius 2 is 1.39 bits per heavy atom. The molecule has 2 heterocycles. The predicted octanol–water partition coefficient (Wildman–Crippen LogP) is 7.64. The first kappa shape index (κ1) is 25.1. The highest BCUT2D eigenvalue weighted by Crippen LogP contribution is 2.33. The van der Waals surface area contributed by atoms with Gasteiger partial charge in [-0.25, -0.2) is 4.79 Å². The minimum absolute atomic E-state index is 0.375. The van der Waals surface area contributed by atoms with Gasteiger partial charge >= 0.3 is 6.09 Å². The van der Waals surface area contributed by atoms with E-state index in [9.17, 15) is 4.79 Å². The number of carbonyl (C=O) groups excluding carboxylic acids is 1. The fourth-order valence-corrected chi connectivity index (χ4v) is 4.02. The van der Waals surface area contributed by atoms with Crippen molar-refractivity contribution in [2.45, 2.75) is 39.6 Å². The molecule has 2 aromatic heterocycles. The molecule has 0 spiro atoms. The Morgan fingerprint density at radius 1 is 0.763 bits per heavy atom. The van der Waals surface area contributed by atoms with Gasteiger partial charge in [0.1, 0.15) is 18.8 Å². The summed E-state index contributed by atoms with van der Waals surface area (Å²) in [4.78, 5) is 17.3. The summed E-state index contributed by atoms with van der Waals surface area (Å²) in [6.45, 7) is 6.34. The zero-order chi connectivity index (χ0) is 26.5. The fourth-order valence-electron chi connectivity index (χ4n) is 4.02. The molecule has 0 fully saturated rings. The summed E-state index contributed by atoms with van der Waals surface area (Å²) in [6, 6.07) is 29.7. The summed E-state index contributed by atoms with van der Waals surface area (Å²) in [5.74, 6) is 0.961. The van der Waals surface area contributed by atoms with Gasteiger partial charge in [-0.05, 0) is 49.6 Å². The van der Waals surface area contributed by atoms with E-state index in [2.05, 4.69) is 0 Å². The lowest BCUT2D eigenvalue weighted by Crippen LogP contribution is -2.26. The number of carbonyl (C=O) groups is 1. The number of fused-ring (bicyclic) bond motifs is 1. The highest BCUT2D eigenvalue weighted by molar-refractivity contribution is 5.91. The number of hydrogen-bond acceptors (Lipinski definition) is 5. The highest BCUT2D eigenvalue weighted by Gasteiger charge is 2.18. The summed E-state index contributed by atoms with van der Waals surface area (Å²) < 4.78 is 19.2. The van der Waals surface area contributed by atoms with E-state index in [-0.39, 0.29) is 0 Å². The normalized spacial score (nSPS) is 11.3. The van der Waals surface area contributed by atoms with Crippen molar-refractivity contribution < 1.29 is 19.0 Å². The third-order valence-corrected chi connectivity index (χ3v) is 5.84. The van der Waals surface area contributed by atoms with Crippen LogP contribution in [0.2, 0.25) is 0 Å². The predicted molar refractivity (Wildman–Crippen MR) is 148 cm³/mol. The monoisotopic (exact) mass is 506 g/mol. The van der Waals surface area contributed by atoms with Crippen LogP contribution in [0, 0.1) is 0 Å². The van der Waals surface area contributed by atoms with Gasteiger partial charge in [0.05, 0.1) is 0 Å². The molecule has 0 atom stereocenters. The van der Waals surface area contributed by atoms with E-state index in [1.54, 1.807) is 12.4 Å². The average molecular weight is 507 g/mol. The minimum Gasteiger partial charge on any atom is -0.473 e. The van der Waals surface area contributed by atoms with Crippen LogP contribution in [-0.2, 0) is 18.0 Å². The topological polar surface area (TPSA) is 62.6 Å². The Balaban J connectivity index is 1.44. The van der Waals surface area contributed by atoms with Crippen molar-refractivity contribution in [1.82, 2.24) is 9.55 Å². The maximum atomic E-state index is 12.6. The van der Waals surface area contributed by atoms with Gasteiger partial charge in [0.15, 0.2) is 0 Å². The van der Waals surface area contributed by atoms with Gasteiger partial charge in [0, 0.05) is 34.8 Å². The second kappa shape index (κ2) is 10.8. The molecule has 192 valence electrons. The van der Waals surface area contributed by atoms with Gasteiger partial charge in [-0.2, -0.15) is 4.98 Å². The number of hydrogen-bond donors (Lipinski definition) is 0. The zero-order valence-corrected chi connectivity index (χ0v) is 21.8. The van der Waals surface area contributed by atoms with Crippen LogP contribution in [0.5, 0.6) is 11.8 Å². The van der Waals surface area contributed by atoms with Crippen LogP contribution in [0.4, 0.5) is 4.79 Å². The molecule has 6 nitrogen and oxygen atoms in total. The minimum atomic E-state index is -0.570. The van der Waals surface area contributed by atoms with Crippen LogP contribution >= 0.6 is 0 Å². The van der Waals surface area contributed by atoms with Crippen molar-refractivity contribution in [3.05, 3.63) is 115 Å². The quantitative estimate of drug-likeness (QED) is 0.227. The summed E-state index contributed by atoms with van der Waals surface area (Å²) in [6.07, 6.45) is 3.14. The van der Waals surface area contributed by atoms with Crippen LogP contribution in [-0.4, -0.2) is 21.2 Å². The molecule has 0 amide bonds. The molecule has 0 saturated heterocycles. The Morgan fingerprint density at radius 3 is 2.05 bits per heavy atom. The lowest BCUT2D eigenvalue weighted by molar-refractivity contribution is 0.0538. The number of aromatic nitrogens is 2. The van der Waals surface area contributed by atoms with E-state index in [4.69, 9.17) is 19.2 Å². The van der Waals surface area contributed by atoms with E-state index >= 15 is 0 Å². The molecule has 5 aromatic rings. The second-order valence-corrected chi connectivity index (χ2v) is 10.0. The Bertz CT molecular complexity index is 1540. The lowest BCUT2D eigenvalue weighted by atomic mass is 10.0. The van der Waals surface area contributed by atoms with Crippen molar-refractivity contribution in [2.24, 2.45) is 0 Å². The molecular formula is C32H30N2O4. The Hall–Kier alpha value is -4.58. The summed E-state index contributed by atoms with van der Waals surface area (Å²) >= 11 is 0. The number of rotatable bonds is 7. The summed E-state index contributed by atoms with van der Waals surface area (Å²) in [7, 11) is 0. The lowest BCUT2D eigenvalue weighted by Gasteiger charge is -2.19. The van der Waals surface area contributed by atoms with Crippen LogP contribution in [0.3, 0.4) is 0 Å². The summed E-state index contributed by atoms with van der Waals surface area (Å²) in [5.41, 5.74) is 3.29. The molecule has 0 saturated carbocycles. The molecule has 0 radical (unpaired) electrons. The molecule has 0 unspecified atom stereocenters. The van der Waals surface area contributed by atoms with Gasteiger partial charge in [-0.1, -0.05) is 72.8 Å². The Kier molecular flexibility index (Phi) is 7.13. The molecule has 0 aliphatic heterocycles. The smallest absolute Gasteiger partial charge is 0.418 e. The van der Waals surface area contributed by atoms with Gasteiger partial charge in [-0.15, -0.1) is 0 Å². The first-order valence-electron chi connectivity index (χ1n) is 12.5. The summed E-state index contributed by atoms with van der Waals surface area (Å²) in [5, 5.41) is 1.84. The molecule has 3 aromatic carbocycles. The fraction of sp³-hybridized carbons (Fsp3) is 0.188. The number of ether oxygens (including phenoxy) is 3. The van der Waals surface area contributed by atoms with Gasteiger partial charge in [-0.3, -0.25) is 4.57 Å². The maximum Gasteiger partial charge on any atom is 0.418 e. The van der Waals surface area contributed by atoms with Crippen molar-refractivity contribution in [1.29, 1.82) is 0 Å². The van der Waals surface area contributed by atoms with Gasteiger partial charge < -0.3 is 14.2 Å². The molecule has 5 rings (SSSR count). The molecular weight excluding hydrogens is 476 g/mol.